The van der Waals surface area contributed by atoms with Crippen LogP contribution in [0.4, 0.5) is 0 Å². The Labute approximate surface area is 197 Å². The van der Waals surface area contributed by atoms with E-state index in [0.717, 1.165) is 6.07 Å². The van der Waals surface area contributed by atoms with Crippen molar-refractivity contribution in [2.45, 2.75) is 30.7 Å². The van der Waals surface area contributed by atoms with Crippen LogP contribution in [0, 0.1) is 0 Å². The van der Waals surface area contributed by atoms with Crippen LogP contribution in [0.5, 0.6) is 28.7 Å². The molecule has 3 aromatic rings. The van der Waals surface area contributed by atoms with Gasteiger partial charge in [-0.2, -0.15) is 0 Å². The third-order valence-electron chi connectivity index (χ3n) is 5.66. The topological polar surface area (TPSA) is 189 Å². The van der Waals surface area contributed by atoms with Crippen molar-refractivity contribution in [3.05, 3.63) is 40.6 Å². The molecule has 1 fully saturated rings. The predicted molar refractivity (Wildman–Crippen MR) is 119 cm³/mol. The molecule has 2 aromatic carbocycles. The summed E-state index contributed by atoms with van der Waals surface area (Å²) >= 11 is 0. The Bertz CT molecular complexity index is 1270. The lowest BCUT2D eigenvalue weighted by atomic mass is 9.99. The summed E-state index contributed by atoms with van der Waals surface area (Å²) in [6.45, 7) is -0.693. The number of aromatic hydroxyl groups is 2. The lowest BCUT2D eigenvalue weighted by Crippen LogP contribution is -2.60. The van der Waals surface area contributed by atoms with Crippen LogP contribution in [0.15, 0.2) is 39.5 Å². The van der Waals surface area contributed by atoms with E-state index >= 15 is 0 Å². The van der Waals surface area contributed by atoms with Crippen LogP contribution in [0.25, 0.3) is 22.3 Å². The van der Waals surface area contributed by atoms with Crippen LogP contribution in [0.3, 0.4) is 0 Å². The third-order valence-corrected chi connectivity index (χ3v) is 5.66. The number of aliphatic hydroxyl groups excluding tert-OH is 4. The largest absolute Gasteiger partial charge is 0.508 e. The van der Waals surface area contributed by atoms with Crippen molar-refractivity contribution < 1.29 is 54.0 Å². The number of rotatable bonds is 6. The third kappa shape index (κ3) is 4.22. The van der Waals surface area contributed by atoms with Crippen LogP contribution in [0.1, 0.15) is 0 Å². The standard InChI is InChI=1S/C23H24O12/c1-31-20-16(28)14-11(26)7-12(9-3-5-10(25)6-4-9)33-19(14)22(21(20)32-2)35-23-18(30)17(29)15(27)13(8-24)34-23/h3-7,13,15,17-18,23-25,27-30H,8H2,1-2H3/t13?,15-,17+,18?,23+/m1/s1. The molecular formula is C23H24O12. The molecule has 6 N–H and O–H groups in total. The molecule has 35 heavy (non-hydrogen) atoms. The first-order valence-corrected chi connectivity index (χ1v) is 10.4. The number of aliphatic hydroxyl groups is 4. The second kappa shape index (κ2) is 9.60. The molecule has 188 valence electrons. The Hall–Kier alpha value is -3.55. The number of hydrogen-bond donors (Lipinski definition) is 6. The van der Waals surface area contributed by atoms with E-state index in [9.17, 15) is 35.4 Å². The Morgan fingerprint density at radius 3 is 2.17 bits per heavy atom. The summed E-state index contributed by atoms with van der Waals surface area (Å²) in [5.41, 5.74) is -0.561. The van der Waals surface area contributed by atoms with Gasteiger partial charge in [-0.25, -0.2) is 0 Å². The van der Waals surface area contributed by atoms with Gasteiger partial charge in [0.15, 0.2) is 16.8 Å². The molecule has 5 atom stereocenters. The fourth-order valence-electron chi connectivity index (χ4n) is 3.84. The SMILES string of the molecule is COc1c(OC)c(O)c2c(=O)cc(-c3ccc(O)cc3)oc2c1O[C@@H]1OC(CO)[C@@H](O)[C@H](O)C1O. The van der Waals surface area contributed by atoms with Gasteiger partial charge in [-0.15, -0.1) is 0 Å². The number of benzene rings is 2. The smallest absolute Gasteiger partial charge is 0.229 e. The van der Waals surface area contributed by atoms with Crippen LogP contribution in [-0.2, 0) is 4.74 Å². The molecule has 0 radical (unpaired) electrons. The Kier molecular flexibility index (Phi) is 6.74. The quantitative estimate of drug-likeness (QED) is 0.272. The Balaban J connectivity index is 1.94. The van der Waals surface area contributed by atoms with E-state index < -0.39 is 48.5 Å². The van der Waals surface area contributed by atoms with E-state index in [4.69, 9.17) is 23.4 Å². The van der Waals surface area contributed by atoms with E-state index in [0.29, 0.717) is 5.56 Å². The van der Waals surface area contributed by atoms with Crippen LogP contribution >= 0.6 is 0 Å². The summed E-state index contributed by atoms with van der Waals surface area (Å²) < 4.78 is 27.6. The minimum absolute atomic E-state index is 0.00687. The zero-order chi connectivity index (χ0) is 25.4. The van der Waals surface area contributed by atoms with E-state index in [1.54, 1.807) is 0 Å². The maximum Gasteiger partial charge on any atom is 0.229 e. The number of phenolic OH excluding ortho intramolecular Hbond substituents is 2. The van der Waals surface area contributed by atoms with Gasteiger partial charge in [0.1, 0.15) is 41.3 Å². The molecule has 1 aliphatic rings. The fraction of sp³-hybridized carbons (Fsp3) is 0.348. The molecule has 4 rings (SSSR count). The highest BCUT2D eigenvalue weighted by Gasteiger charge is 2.45. The van der Waals surface area contributed by atoms with E-state index in [1.165, 1.54) is 38.5 Å². The molecule has 12 heteroatoms. The van der Waals surface area contributed by atoms with Crippen molar-refractivity contribution in [1.29, 1.82) is 0 Å². The minimum atomic E-state index is -1.78. The van der Waals surface area contributed by atoms with Crippen molar-refractivity contribution in [3.63, 3.8) is 0 Å². The van der Waals surface area contributed by atoms with Gasteiger partial charge in [-0.3, -0.25) is 4.79 Å². The summed E-state index contributed by atoms with van der Waals surface area (Å²) in [6, 6.07) is 6.89. The maximum absolute atomic E-state index is 13.0. The molecule has 1 aromatic heterocycles. The number of fused-ring (bicyclic) bond motifs is 1. The van der Waals surface area contributed by atoms with Crippen molar-refractivity contribution in [2.75, 3.05) is 20.8 Å². The number of methoxy groups -OCH3 is 2. The summed E-state index contributed by atoms with van der Waals surface area (Å²) in [6.07, 6.45) is -8.06. The maximum atomic E-state index is 13.0. The van der Waals surface area contributed by atoms with Crippen LogP contribution in [-0.4, -0.2) is 82.2 Å². The lowest BCUT2D eigenvalue weighted by molar-refractivity contribution is -0.277. The zero-order valence-corrected chi connectivity index (χ0v) is 18.6. The van der Waals surface area contributed by atoms with Crippen molar-refractivity contribution in [3.8, 4) is 40.1 Å². The van der Waals surface area contributed by atoms with Gasteiger partial charge < -0.3 is 54.0 Å². The highest BCUT2D eigenvalue weighted by molar-refractivity contribution is 5.95. The highest BCUT2D eigenvalue weighted by Crippen LogP contribution is 2.50. The average molecular weight is 492 g/mol. The molecule has 2 heterocycles. The molecule has 0 amide bonds. The second-order valence-corrected chi connectivity index (χ2v) is 7.79. The number of phenols is 2. The summed E-state index contributed by atoms with van der Waals surface area (Å²) in [5.74, 6) is -1.36. The summed E-state index contributed by atoms with van der Waals surface area (Å²) in [5, 5.41) is 60.0. The average Bonchev–Trinajstić information content (AvgIpc) is 2.85. The molecule has 2 unspecified atom stereocenters. The molecule has 0 spiro atoms. The Morgan fingerprint density at radius 2 is 1.57 bits per heavy atom. The molecule has 0 bridgehead atoms. The second-order valence-electron chi connectivity index (χ2n) is 7.79. The van der Waals surface area contributed by atoms with Crippen molar-refractivity contribution in [1.82, 2.24) is 0 Å². The first-order valence-electron chi connectivity index (χ1n) is 10.4. The minimum Gasteiger partial charge on any atom is -0.508 e. The van der Waals surface area contributed by atoms with Crippen molar-refractivity contribution >= 4 is 11.0 Å². The summed E-state index contributed by atoms with van der Waals surface area (Å²) in [4.78, 5) is 13.0. The van der Waals surface area contributed by atoms with Gasteiger partial charge in [0.2, 0.25) is 23.5 Å². The molecule has 0 aliphatic carbocycles. The molecular weight excluding hydrogens is 468 g/mol. The van der Waals surface area contributed by atoms with Gasteiger partial charge >= 0.3 is 0 Å². The Morgan fingerprint density at radius 1 is 0.914 bits per heavy atom. The van der Waals surface area contributed by atoms with Gasteiger partial charge in [0, 0.05) is 11.6 Å². The highest BCUT2D eigenvalue weighted by atomic mass is 16.7. The lowest BCUT2D eigenvalue weighted by Gasteiger charge is -2.39. The number of hydrogen-bond acceptors (Lipinski definition) is 12. The normalized spacial score (nSPS) is 24.3. The van der Waals surface area contributed by atoms with Gasteiger partial charge in [0.05, 0.1) is 20.8 Å². The predicted octanol–water partition coefficient (Wildman–Crippen LogP) is 0.0671. The van der Waals surface area contributed by atoms with Crippen LogP contribution < -0.4 is 19.6 Å². The first kappa shape index (κ1) is 24.6. The molecule has 1 saturated heterocycles. The van der Waals surface area contributed by atoms with Gasteiger partial charge in [0.25, 0.3) is 0 Å². The van der Waals surface area contributed by atoms with E-state index in [-0.39, 0.29) is 39.7 Å². The van der Waals surface area contributed by atoms with Gasteiger partial charge in [-0.1, -0.05) is 0 Å². The summed E-state index contributed by atoms with van der Waals surface area (Å²) in [7, 11) is 2.44. The van der Waals surface area contributed by atoms with Gasteiger partial charge in [-0.05, 0) is 24.3 Å². The fourth-order valence-corrected chi connectivity index (χ4v) is 3.84. The number of ether oxygens (including phenoxy) is 4. The first-order chi connectivity index (χ1) is 16.7. The molecule has 0 saturated carbocycles. The van der Waals surface area contributed by atoms with E-state index in [2.05, 4.69) is 0 Å². The zero-order valence-electron chi connectivity index (χ0n) is 18.6. The molecule has 1 aliphatic heterocycles. The monoisotopic (exact) mass is 492 g/mol. The van der Waals surface area contributed by atoms with Crippen LogP contribution in [0.2, 0.25) is 0 Å². The molecule has 12 nitrogen and oxygen atoms in total. The van der Waals surface area contributed by atoms with E-state index in [1.807, 2.05) is 0 Å². The van der Waals surface area contributed by atoms with Crippen molar-refractivity contribution in [2.24, 2.45) is 0 Å².